The van der Waals surface area contributed by atoms with Crippen molar-refractivity contribution in [3.05, 3.63) is 46.6 Å². The lowest BCUT2D eigenvalue weighted by Crippen LogP contribution is -2.14. The number of ether oxygens (including phenoxy) is 1. The van der Waals surface area contributed by atoms with Crippen molar-refractivity contribution in [1.82, 2.24) is 4.98 Å². The van der Waals surface area contributed by atoms with E-state index in [1.54, 1.807) is 0 Å². The molecule has 23 heavy (non-hydrogen) atoms. The number of benzene rings is 1. The van der Waals surface area contributed by atoms with Gasteiger partial charge in [-0.05, 0) is 57.7 Å². The largest absolute Gasteiger partial charge is 0.474 e. The van der Waals surface area contributed by atoms with Crippen LogP contribution in [0, 0.1) is 27.7 Å². The lowest BCUT2D eigenvalue weighted by molar-refractivity contribution is 0.185. The molecule has 0 saturated carbocycles. The van der Waals surface area contributed by atoms with Crippen molar-refractivity contribution < 1.29 is 4.74 Å². The van der Waals surface area contributed by atoms with Crippen LogP contribution < -0.4 is 10.1 Å². The maximum Gasteiger partial charge on any atom is 0.215 e. The van der Waals surface area contributed by atoms with E-state index < -0.39 is 0 Å². The summed E-state index contributed by atoms with van der Waals surface area (Å²) in [6, 6.07) is 8.44. The van der Waals surface area contributed by atoms with Crippen molar-refractivity contribution in [3.63, 3.8) is 0 Å². The second kappa shape index (κ2) is 7.49. The van der Waals surface area contributed by atoms with Gasteiger partial charge in [-0.1, -0.05) is 31.5 Å². The van der Waals surface area contributed by atoms with Gasteiger partial charge in [0.15, 0.2) is 0 Å². The van der Waals surface area contributed by atoms with Crippen LogP contribution in [0.1, 0.15) is 49.1 Å². The molecular weight excluding hydrogens is 284 g/mol. The topological polar surface area (TPSA) is 34.1 Å². The van der Waals surface area contributed by atoms with Crippen molar-refractivity contribution in [2.75, 3.05) is 5.32 Å². The fourth-order valence-corrected chi connectivity index (χ4v) is 2.92. The van der Waals surface area contributed by atoms with E-state index in [4.69, 9.17) is 4.74 Å². The lowest BCUT2D eigenvalue weighted by Gasteiger charge is -2.18. The number of aromatic nitrogens is 1. The summed E-state index contributed by atoms with van der Waals surface area (Å²) in [6.07, 6.45) is 2.20. The minimum absolute atomic E-state index is 0.222. The van der Waals surface area contributed by atoms with E-state index in [0.717, 1.165) is 29.9 Å². The number of nitrogens with one attached hydrogen (secondary N) is 1. The van der Waals surface area contributed by atoms with E-state index in [1.807, 2.05) is 13.0 Å². The molecule has 0 radical (unpaired) electrons. The van der Waals surface area contributed by atoms with E-state index in [2.05, 4.69) is 63.1 Å². The summed E-state index contributed by atoms with van der Waals surface area (Å²) in [4.78, 5) is 4.51. The number of nitrogens with zero attached hydrogens (tertiary/aromatic N) is 1. The highest BCUT2D eigenvalue weighted by Crippen LogP contribution is 2.28. The molecule has 124 valence electrons. The summed E-state index contributed by atoms with van der Waals surface area (Å²) in [6.45, 7) is 12.7. The molecule has 1 heterocycles. The predicted octanol–water partition coefficient (Wildman–Crippen LogP) is 5.63. The van der Waals surface area contributed by atoms with Crippen molar-refractivity contribution >= 4 is 11.4 Å². The Morgan fingerprint density at radius 2 is 1.57 bits per heavy atom. The van der Waals surface area contributed by atoms with Gasteiger partial charge in [0.1, 0.15) is 0 Å². The molecule has 0 saturated heterocycles. The van der Waals surface area contributed by atoms with E-state index in [-0.39, 0.29) is 6.10 Å². The van der Waals surface area contributed by atoms with E-state index in [1.165, 1.54) is 16.7 Å². The third kappa shape index (κ3) is 4.47. The normalized spacial score (nSPS) is 10.9. The standard InChI is InChI=1S/C20H28N2O/c1-7-18(8-2)23-19-12-17(11-16(6)21-19)22-20-14(4)9-13(3)10-15(20)5/h9-12,18H,7-8H2,1-6H3,(H,21,22). The highest BCUT2D eigenvalue weighted by atomic mass is 16.5. The van der Waals surface area contributed by atoms with Gasteiger partial charge in [-0.2, -0.15) is 0 Å². The van der Waals surface area contributed by atoms with Crippen LogP contribution in [0.15, 0.2) is 24.3 Å². The van der Waals surface area contributed by atoms with Crippen molar-refractivity contribution in [3.8, 4) is 5.88 Å². The number of rotatable bonds is 6. The fourth-order valence-electron chi connectivity index (χ4n) is 2.92. The van der Waals surface area contributed by atoms with Crippen LogP contribution in [-0.4, -0.2) is 11.1 Å². The first-order valence-electron chi connectivity index (χ1n) is 8.43. The summed E-state index contributed by atoms with van der Waals surface area (Å²) in [5.41, 5.74) is 6.93. The lowest BCUT2D eigenvalue weighted by atomic mass is 10.0. The van der Waals surface area contributed by atoms with Crippen LogP contribution in [0.5, 0.6) is 5.88 Å². The van der Waals surface area contributed by atoms with Crippen LogP contribution in [0.2, 0.25) is 0 Å². The molecule has 0 aliphatic rings. The summed E-state index contributed by atoms with van der Waals surface area (Å²) in [5, 5.41) is 3.54. The minimum Gasteiger partial charge on any atom is -0.474 e. The van der Waals surface area contributed by atoms with E-state index >= 15 is 0 Å². The summed E-state index contributed by atoms with van der Waals surface area (Å²) in [5.74, 6) is 0.698. The van der Waals surface area contributed by atoms with Gasteiger partial charge in [0.25, 0.3) is 0 Å². The summed E-state index contributed by atoms with van der Waals surface area (Å²) in [7, 11) is 0. The maximum absolute atomic E-state index is 6.00. The molecule has 0 fully saturated rings. The van der Waals surface area contributed by atoms with Crippen LogP contribution in [0.4, 0.5) is 11.4 Å². The molecule has 0 bridgehead atoms. The first-order chi connectivity index (χ1) is 10.9. The molecule has 3 nitrogen and oxygen atoms in total. The first kappa shape index (κ1) is 17.3. The molecule has 0 aliphatic carbocycles. The molecule has 0 spiro atoms. The van der Waals surface area contributed by atoms with Gasteiger partial charge >= 0.3 is 0 Å². The Morgan fingerprint density at radius 3 is 2.13 bits per heavy atom. The molecule has 0 amide bonds. The smallest absolute Gasteiger partial charge is 0.215 e. The van der Waals surface area contributed by atoms with E-state index in [9.17, 15) is 0 Å². The van der Waals surface area contributed by atoms with Crippen molar-refractivity contribution in [2.24, 2.45) is 0 Å². The van der Waals surface area contributed by atoms with Crippen LogP contribution in [0.25, 0.3) is 0 Å². The van der Waals surface area contributed by atoms with Gasteiger partial charge in [-0.3, -0.25) is 0 Å². The monoisotopic (exact) mass is 312 g/mol. The second-order valence-corrected chi connectivity index (χ2v) is 6.29. The summed E-state index contributed by atoms with van der Waals surface area (Å²) < 4.78 is 6.00. The van der Waals surface area contributed by atoms with Gasteiger partial charge in [0.05, 0.1) is 6.10 Å². The second-order valence-electron chi connectivity index (χ2n) is 6.29. The van der Waals surface area contributed by atoms with Gasteiger partial charge in [-0.25, -0.2) is 4.98 Å². The summed E-state index contributed by atoms with van der Waals surface area (Å²) >= 11 is 0. The fraction of sp³-hybridized carbons (Fsp3) is 0.450. The number of hydrogen-bond acceptors (Lipinski definition) is 3. The molecule has 3 heteroatoms. The minimum atomic E-state index is 0.222. The van der Waals surface area contributed by atoms with Crippen LogP contribution in [-0.2, 0) is 0 Å². The zero-order chi connectivity index (χ0) is 17.0. The van der Waals surface area contributed by atoms with Crippen LogP contribution >= 0.6 is 0 Å². The quantitative estimate of drug-likeness (QED) is 0.751. The van der Waals surface area contributed by atoms with Gasteiger partial charge in [0, 0.05) is 23.1 Å². The SMILES string of the molecule is CCC(CC)Oc1cc(Nc2c(C)cc(C)cc2C)cc(C)n1. The molecule has 2 aromatic rings. The molecule has 1 aromatic carbocycles. The molecule has 2 rings (SSSR count). The number of aryl methyl sites for hydroxylation is 4. The zero-order valence-electron chi connectivity index (χ0n) is 15.2. The highest BCUT2D eigenvalue weighted by molar-refractivity contribution is 5.67. The first-order valence-corrected chi connectivity index (χ1v) is 8.43. The molecule has 0 aliphatic heterocycles. The number of pyridine rings is 1. The van der Waals surface area contributed by atoms with E-state index in [0.29, 0.717) is 5.88 Å². The molecule has 0 atom stereocenters. The third-order valence-electron chi connectivity index (χ3n) is 4.07. The maximum atomic E-state index is 6.00. The average Bonchev–Trinajstić information content (AvgIpc) is 2.48. The Balaban J connectivity index is 2.29. The Morgan fingerprint density at radius 1 is 0.957 bits per heavy atom. The van der Waals surface area contributed by atoms with Crippen molar-refractivity contribution in [2.45, 2.75) is 60.5 Å². The highest BCUT2D eigenvalue weighted by Gasteiger charge is 2.10. The van der Waals surface area contributed by atoms with Crippen LogP contribution in [0.3, 0.4) is 0 Å². The number of hydrogen-bond donors (Lipinski definition) is 1. The average molecular weight is 312 g/mol. The third-order valence-corrected chi connectivity index (χ3v) is 4.07. The Kier molecular flexibility index (Phi) is 5.64. The molecule has 1 aromatic heterocycles. The Hall–Kier alpha value is -2.03. The predicted molar refractivity (Wildman–Crippen MR) is 97.9 cm³/mol. The van der Waals surface area contributed by atoms with Gasteiger partial charge in [-0.15, -0.1) is 0 Å². The Bertz CT molecular complexity index is 652. The molecule has 1 N–H and O–H groups in total. The molecule has 0 unspecified atom stereocenters. The van der Waals surface area contributed by atoms with Crippen molar-refractivity contribution in [1.29, 1.82) is 0 Å². The Labute approximate surface area is 140 Å². The molecular formula is C20H28N2O. The number of anilines is 2. The van der Waals surface area contributed by atoms with Gasteiger partial charge < -0.3 is 10.1 Å². The van der Waals surface area contributed by atoms with Gasteiger partial charge in [0.2, 0.25) is 5.88 Å². The zero-order valence-corrected chi connectivity index (χ0v) is 15.2.